The van der Waals surface area contributed by atoms with Crippen molar-refractivity contribution in [2.75, 3.05) is 12.4 Å². The summed E-state index contributed by atoms with van der Waals surface area (Å²) in [5.41, 5.74) is 3.19. The first-order chi connectivity index (χ1) is 9.69. The van der Waals surface area contributed by atoms with Gasteiger partial charge >= 0.3 is 0 Å². The minimum absolute atomic E-state index is 0.274. The molecular weight excluding hydrogens is 253 g/mol. The van der Waals surface area contributed by atoms with Crippen molar-refractivity contribution in [1.82, 2.24) is 9.97 Å². The van der Waals surface area contributed by atoms with Gasteiger partial charge in [0.15, 0.2) is 11.6 Å². The number of nitrogens with zero attached hydrogens (tertiary/aromatic N) is 2. The van der Waals surface area contributed by atoms with Crippen LogP contribution in [0.5, 0.6) is 0 Å². The number of hydrogen-bond acceptors (Lipinski definition) is 3. The largest absolute Gasteiger partial charge is 0.371 e. The molecule has 1 aliphatic carbocycles. The molecule has 1 heterocycles. The Balaban J connectivity index is 1.93. The summed E-state index contributed by atoms with van der Waals surface area (Å²) in [5, 5.41) is 2.81. The number of rotatable bonds is 2. The summed E-state index contributed by atoms with van der Waals surface area (Å²) in [7, 11) is 1.69. The van der Waals surface area contributed by atoms with Gasteiger partial charge in [0.2, 0.25) is 0 Å². The Labute approximate surface area is 118 Å². The van der Waals surface area contributed by atoms with E-state index in [9.17, 15) is 4.39 Å². The molecule has 3 nitrogen and oxygen atoms in total. The van der Waals surface area contributed by atoms with Gasteiger partial charge < -0.3 is 5.32 Å². The van der Waals surface area contributed by atoms with Crippen molar-refractivity contribution in [2.24, 2.45) is 0 Å². The first-order valence-electron chi connectivity index (χ1n) is 6.97. The van der Waals surface area contributed by atoms with Gasteiger partial charge in [-0.3, -0.25) is 0 Å². The van der Waals surface area contributed by atoms with Crippen molar-refractivity contribution in [3.8, 4) is 0 Å². The van der Waals surface area contributed by atoms with Gasteiger partial charge in [0.25, 0.3) is 0 Å². The van der Waals surface area contributed by atoms with Crippen molar-refractivity contribution in [3.63, 3.8) is 0 Å². The van der Waals surface area contributed by atoms with Crippen LogP contribution in [0.1, 0.15) is 35.0 Å². The highest BCUT2D eigenvalue weighted by Crippen LogP contribution is 2.31. The van der Waals surface area contributed by atoms with E-state index in [4.69, 9.17) is 0 Å². The normalized spacial score (nSPS) is 17.6. The van der Waals surface area contributed by atoms with Gasteiger partial charge in [0.05, 0.1) is 5.69 Å². The molecule has 20 heavy (non-hydrogen) atoms. The topological polar surface area (TPSA) is 37.8 Å². The second-order valence-corrected chi connectivity index (χ2v) is 5.29. The summed E-state index contributed by atoms with van der Waals surface area (Å²) in [5.74, 6) is 0.970. The Morgan fingerprint density at radius 1 is 1.20 bits per heavy atom. The number of anilines is 1. The summed E-state index contributed by atoms with van der Waals surface area (Å²) in [6.45, 7) is 1.69. The van der Waals surface area contributed by atoms with E-state index >= 15 is 0 Å². The van der Waals surface area contributed by atoms with Gasteiger partial charge in [-0.2, -0.15) is 0 Å². The molecule has 2 aromatic rings. The smallest absolute Gasteiger partial charge is 0.186 e. The zero-order valence-electron chi connectivity index (χ0n) is 11.8. The number of nitrogens with one attached hydrogen (secondary N) is 1. The molecule has 0 saturated heterocycles. The third kappa shape index (κ3) is 2.26. The van der Waals surface area contributed by atoms with E-state index < -0.39 is 0 Å². The molecule has 1 atom stereocenters. The highest BCUT2D eigenvalue weighted by atomic mass is 19.1. The van der Waals surface area contributed by atoms with E-state index in [1.165, 1.54) is 11.1 Å². The molecule has 1 unspecified atom stereocenters. The maximum Gasteiger partial charge on any atom is 0.186 e. The van der Waals surface area contributed by atoms with Crippen molar-refractivity contribution in [3.05, 3.63) is 52.7 Å². The van der Waals surface area contributed by atoms with Crippen LogP contribution in [0.2, 0.25) is 0 Å². The van der Waals surface area contributed by atoms with Crippen molar-refractivity contribution in [1.29, 1.82) is 0 Å². The minimum Gasteiger partial charge on any atom is -0.371 e. The third-order valence-electron chi connectivity index (χ3n) is 3.98. The summed E-state index contributed by atoms with van der Waals surface area (Å²) in [6.07, 6.45) is 2.99. The Morgan fingerprint density at radius 3 is 2.70 bits per heavy atom. The third-order valence-corrected chi connectivity index (χ3v) is 3.98. The minimum atomic E-state index is -0.354. The average molecular weight is 271 g/mol. The van der Waals surface area contributed by atoms with Gasteiger partial charge in [-0.15, -0.1) is 0 Å². The van der Waals surface area contributed by atoms with Crippen LogP contribution in [0.25, 0.3) is 0 Å². The molecule has 3 rings (SSSR count). The van der Waals surface area contributed by atoms with Crippen LogP contribution in [0.15, 0.2) is 24.3 Å². The van der Waals surface area contributed by atoms with Crippen molar-refractivity contribution in [2.45, 2.75) is 32.1 Å². The van der Waals surface area contributed by atoms with Crippen LogP contribution >= 0.6 is 0 Å². The average Bonchev–Trinajstić information content (AvgIpc) is 2.49. The molecule has 0 saturated carbocycles. The number of fused-ring (bicyclic) bond motifs is 1. The van der Waals surface area contributed by atoms with Crippen LogP contribution in [-0.4, -0.2) is 17.0 Å². The molecule has 1 N–H and O–H groups in total. The second-order valence-electron chi connectivity index (χ2n) is 5.29. The number of hydrogen-bond donors (Lipinski definition) is 1. The molecule has 0 radical (unpaired) electrons. The Morgan fingerprint density at radius 2 is 1.95 bits per heavy atom. The lowest BCUT2D eigenvalue weighted by atomic mass is 9.83. The van der Waals surface area contributed by atoms with E-state index in [2.05, 4.69) is 39.6 Å². The first kappa shape index (κ1) is 13.0. The summed E-state index contributed by atoms with van der Waals surface area (Å²) >= 11 is 0. The van der Waals surface area contributed by atoms with E-state index in [1.54, 1.807) is 14.0 Å². The first-order valence-corrected chi connectivity index (χ1v) is 6.97. The van der Waals surface area contributed by atoms with Crippen LogP contribution in [0, 0.1) is 12.7 Å². The van der Waals surface area contributed by atoms with Gasteiger partial charge in [-0.1, -0.05) is 24.3 Å². The zero-order valence-corrected chi connectivity index (χ0v) is 11.8. The molecule has 0 fully saturated rings. The van der Waals surface area contributed by atoms with E-state index in [0.29, 0.717) is 11.5 Å². The molecule has 104 valence electrons. The van der Waals surface area contributed by atoms with Gasteiger partial charge in [0.1, 0.15) is 5.82 Å². The summed E-state index contributed by atoms with van der Waals surface area (Å²) < 4.78 is 13.8. The molecule has 0 amide bonds. The second kappa shape index (κ2) is 5.19. The maximum absolute atomic E-state index is 13.8. The predicted octanol–water partition coefficient (Wildman–Crippen LogP) is 3.24. The lowest BCUT2D eigenvalue weighted by molar-refractivity contribution is 0.539. The Hall–Kier alpha value is -1.97. The fraction of sp³-hybridized carbons (Fsp3) is 0.375. The van der Waals surface area contributed by atoms with Gasteiger partial charge in [-0.05, 0) is 37.3 Å². The molecule has 1 aromatic carbocycles. The SMILES string of the molecule is CNc1nc(C2CCc3ccccc3C2)nc(C)c1F. The quantitative estimate of drug-likeness (QED) is 0.911. The van der Waals surface area contributed by atoms with Crippen LogP contribution in [-0.2, 0) is 12.8 Å². The van der Waals surface area contributed by atoms with Crippen molar-refractivity contribution >= 4 is 5.82 Å². The standard InChI is InChI=1S/C16H18FN3/c1-10-14(17)16(18-2)20-15(19-10)13-8-7-11-5-3-4-6-12(11)9-13/h3-6,13H,7-9H2,1-2H3,(H,18,19,20). The van der Waals surface area contributed by atoms with E-state index in [0.717, 1.165) is 25.1 Å². The van der Waals surface area contributed by atoms with Gasteiger partial charge in [-0.25, -0.2) is 14.4 Å². The number of aromatic nitrogens is 2. The zero-order chi connectivity index (χ0) is 14.1. The highest BCUT2D eigenvalue weighted by Gasteiger charge is 2.23. The fourth-order valence-corrected chi connectivity index (χ4v) is 2.85. The van der Waals surface area contributed by atoms with E-state index in [-0.39, 0.29) is 11.7 Å². The molecule has 0 bridgehead atoms. The Bertz CT molecular complexity index is 640. The molecule has 0 spiro atoms. The monoisotopic (exact) mass is 271 g/mol. The molecule has 1 aromatic heterocycles. The highest BCUT2D eigenvalue weighted by molar-refractivity contribution is 5.38. The number of halogens is 1. The Kier molecular flexibility index (Phi) is 3.38. The predicted molar refractivity (Wildman–Crippen MR) is 77.5 cm³/mol. The lowest BCUT2D eigenvalue weighted by Gasteiger charge is -2.24. The lowest BCUT2D eigenvalue weighted by Crippen LogP contribution is -2.17. The maximum atomic E-state index is 13.8. The van der Waals surface area contributed by atoms with Crippen LogP contribution < -0.4 is 5.32 Å². The number of aryl methyl sites for hydroxylation is 2. The van der Waals surface area contributed by atoms with Crippen LogP contribution in [0.4, 0.5) is 10.2 Å². The number of benzene rings is 1. The van der Waals surface area contributed by atoms with Crippen molar-refractivity contribution < 1.29 is 4.39 Å². The summed E-state index contributed by atoms with van der Waals surface area (Å²) in [6, 6.07) is 8.49. The molecule has 4 heteroatoms. The van der Waals surface area contributed by atoms with Crippen LogP contribution in [0.3, 0.4) is 0 Å². The molecular formula is C16H18FN3. The fourth-order valence-electron chi connectivity index (χ4n) is 2.85. The van der Waals surface area contributed by atoms with Gasteiger partial charge in [0, 0.05) is 13.0 Å². The molecule has 1 aliphatic rings. The van der Waals surface area contributed by atoms with E-state index in [1.807, 2.05) is 0 Å². The molecule has 0 aliphatic heterocycles. The summed E-state index contributed by atoms with van der Waals surface area (Å²) in [4.78, 5) is 8.70.